The molecule has 0 bridgehead atoms. The number of rotatable bonds is 2. The van der Waals surface area contributed by atoms with Crippen LogP contribution in [0.4, 0.5) is 0 Å². The summed E-state index contributed by atoms with van der Waals surface area (Å²) in [5.74, 6) is 0.629. The molecule has 0 spiro atoms. The molecule has 0 saturated carbocycles. The molecule has 3 aromatic heterocycles. The molecule has 138 valence electrons. The van der Waals surface area contributed by atoms with E-state index in [1.807, 2.05) is 66.7 Å². The van der Waals surface area contributed by atoms with Crippen LogP contribution in [0.1, 0.15) is 0 Å². The van der Waals surface area contributed by atoms with Gasteiger partial charge in [-0.3, -0.25) is 9.97 Å². The van der Waals surface area contributed by atoms with Crippen LogP contribution in [0.15, 0.2) is 91.5 Å². The molecule has 5 aromatic rings. The topological polar surface area (TPSA) is 65.7 Å². The van der Waals surface area contributed by atoms with Gasteiger partial charge >= 0.3 is 21.1 Å². The smallest absolute Gasteiger partial charge is 0.434 e. The Balaban J connectivity index is 0.000000159. The minimum atomic E-state index is 0. The van der Waals surface area contributed by atoms with Gasteiger partial charge in [-0.25, -0.2) is 0 Å². The molecule has 5 nitrogen and oxygen atoms in total. The van der Waals surface area contributed by atoms with E-state index >= 15 is 0 Å². The third-order valence-corrected chi connectivity index (χ3v) is 3.78. The number of benzene rings is 2. The van der Waals surface area contributed by atoms with Crippen LogP contribution >= 0.6 is 0 Å². The molecule has 0 saturated heterocycles. The Bertz CT molecular complexity index is 1040. The average molecular weight is 544 g/mol. The number of para-hydroxylation sites is 2. The first-order valence-corrected chi connectivity index (χ1v) is 8.44. The molecule has 5 rings (SSSR count). The second-order valence-electron chi connectivity index (χ2n) is 5.62. The second-order valence-corrected chi connectivity index (χ2v) is 5.62. The summed E-state index contributed by atoms with van der Waals surface area (Å²) in [6.45, 7) is 0. The van der Waals surface area contributed by atoms with Gasteiger partial charge in [-0.15, -0.1) is 35.9 Å². The first kappa shape index (κ1) is 19.6. The van der Waals surface area contributed by atoms with Gasteiger partial charge in [0.1, 0.15) is 0 Å². The van der Waals surface area contributed by atoms with Crippen molar-refractivity contribution >= 4 is 11.0 Å². The predicted molar refractivity (Wildman–Crippen MR) is 105 cm³/mol. The molecule has 6 heteroatoms. The zero-order chi connectivity index (χ0) is 18.3. The van der Waals surface area contributed by atoms with Crippen LogP contribution in [-0.2, 0) is 21.1 Å². The number of aromatic nitrogens is 5. The molecular formula is C22H15N5Pt. The zero-order valence-electron chi connectivity index (χ0n) is 14.7. The molecule has 0 aliphatic rings. The van der Waals surface area contributed by atoms with Gasteiger partial charge in [-0.1, -0.05) is 36.4 Å². The molecule has 0 N–H and O–H groups in total. The summed E-state index contributed by atoms with van der Waals surface area (Å²) < 4.78 is 0. The molecule has 28 heavy (non-hydrogen) atoms. The van der Waals surface area contributed by atoms with Crippen LogP contribution in [0, 0.1) is 6.07 Å². The summed E-state index contributed by atoms with van der Waals surface area (Å²) in [6.07, 6.45) is 6.72. The summed E-state index contributed by atoms with van der Waals surface area (Å²) in [6, 6.07) is 24.6. The third-order valence-electron chi connectivity index (χ3n) is 3.78. The van der Waals surface area contributed by atoms with E-state index in [2.05, 4.69) is 31.0 Å². The van der Waals surface area contributed by atoms with Crippen LogP contribution in [0.2, 0.25) is 0 Å². The van der Waals surface area contributed by atoms with Crippen molar-refractivity contribution in [2.75, 3.05) is 0 Å². The van der Waals surface area contributed by atoms with E-state index in [0.29, 0.717) is 11.5 Å². The van der Waals surface area contributed by atoms with Gasteiger partial charge in [-0.05, 0) is 28.6 Å². The number of fused-ring (bicyclic) bond motifs is 1. The molecule has 0 fully saturated rings. The SMILES string of the molecule is [Pt+2].[c-]1ccccc1-c1ccccn1.c1ccc2[n-]c(-c3cnccn3)nc2c1. The molecule has 0 aliphatic carbocycles. The van der Waals surface area contributed by atoms with Crippen molar-refractivity contribution in [3.8, 4) is 22.8 Å². The molecular weight excluding hydrogens is 529 g/mol. The van der Waals surface area contributed by atoms with Crippen molar-refractivity contribution in [1.29, 1.82) is 0 Å². The standard InChI is InChI=1S/C11H7N4.C11H8N.Pt/c1-2-4-9-8(3-1)14-11(15-9)10-7-12-5-6-13-10;1-2-6-10(7-3-1)11-8-4-5-9-12-11;/h1-7H;1-6,8-9H;/q2*-1;+2. The van der Waals surface area contributed by atoms with E-state index in [1.165, 1.54) is 0 Å². The van der Waals surface area contributed by atoms with Crippen LogP contribution in [-0.4, -0.2) is 19.9 Å². The Kier molecular flexibility index (Phi) is 6.77. The zero-order valence-corrected chi connectivity index (χ0v) is 17.0. The molecule has 0 amide bonds. The van der Waals surface area contributed by atoms with E-state index in [1.54, 1.807) is 24.8 Å². The van der Waals surface area contributed by atoms with Gasteiger partial charge in [-0.2, -0.15) is 0 Å². The first-order chi connectivity index (χ1) is 13.4. The van der Waals surface area contributed by atoms with Gasteiger partial charge in [0.2, 0.25) is 0 Å². The third kappa shape index (κ3) is 4.75. The maximum Gasteiger partial charge on any atom is 2.00 e. The Morgan fingerprint density at radius 2 is 1.57 bits per heavy atom. The van der Waals surface area contributed by atoms with E-state index in [9.17, 15) is 0 Å². The number of hydrogen-bond acceptors (Lipinski definition) is 4. The fourth-order valence-electron chi connectivity index (χ4n) is 2.51. The summed E-state index contributed by atoms with van der Waals surface area (Å²) in [7, 11) is 0. The number of hydrogen-bond donors (Lipinski definition) is 0. The Morgan fingerprint density at radius 3 is 2.29 bits per heavy atom. The van der Waals surface area contributed by atoms with Crippen molar-refractivity contribution in [2.45, 2.75) is 0 Å². The van der Waals surface area contributed by atoms with Crippen LogP contribution < -0.4 is 4.98 Å². The van der Waals surface area contributed by atoms with Gasteiger partial charge < -0.3 is 15.0 Å². The van der Waals surface area contributed by atoms with Crippen molar-refractivity contribution in [3.63, 3.8) is 0 Å². The van der Waals surface area contributed by atoms with Gasteiger partial charge in [0.15, 0.2) is 0 Å². The Morgan fingerprint density at radius 1 is 0.750 bits per heavy atom. The maximum atomic E-state index is 4.37. The molecule has 0 atom stereocenters. The van der Waals surface area contributed by atoms with E-state index in [-0.39, 0.29) is 21.1 Å². The van der Waals surface area contributed by atoms with Crippen molar-refractivity contribution in [3.05, 3.63) is 97.6 Å². The molecule has 0 radical (unpaired) electrons. The molecule has 3 heterocycles. The van der Waals surface area contributed by atoms with Crippen LogP contribution in [0.25, 0.3) is 33.8 Å². The number of imidazole rings is 1. The molecule has 2 aromatic carbocycles. The molecule has 0 unspecified atom stereocenters. The average Bonchev–Trinajstić information content (AvgIpc) is 3.21. The van der Waals surface area contributed by atoms with E-state index in [4.69, 9.17) is 0 Å². The monoisotopic (exact) mass is 544 g/mol. The first-order valence-electron chi connectivity index (χ1n) is 8.44. The second kappa shape index (κ2) is 9.67. The fraction of sp³-hybridized carbons (Fsp3) is 0. The van der Waals surface area contributed by atoms with Crippen molar-refractivity contribution < 1.29 is 21.1 Å². The summed E-state index contributed by atoms with van der Waals surface area (Å²) >= 11 is 0. The van der Waals surface area contributed by atoms with Crippen LogP contribution in [0.3, 0.4) is 0 Å². The van der Waals surface area contributed by atoms with Crippen LogP contribution in [0.5, 0.6) is 0 Å². The normalized spacial score (nSPS) is 9.86. The Hall–Kier alpha value is -3.17. The minimum absolute atomic E-state index is 0. The maximum absolute atomic E-state index is 4.37. The summed E-state index contributed by atoms with van der Waals surface area (Å²) in [4.78, 5) is 21.1. The Labute approximate surface area is 177 Å². The quantitative estimate of drug-likeness (QED) is 0.312. The van der Waals surface area contributed by atoms with Gasteiger partial charge in [0.05, 0.1) is 11.9 Å². The van der Waals surface area contributed by atoms with Gasteiger partial charge in [0.25, 0.3) is 0 Å². The van der Waals surface area contributed by atoms with E-state index < -0.39 is 0 Å². The van der Waals surface area contributed by atoms with Crippen molar-refractivity contribution in [1.82, 2.24) is 24.9 Å². The summed E-state index contributed by atoms with van der Waals surface area (Å²) in [5, 5.41) is 0. The number of nitrogens with zero attached hydrogens (tertiary/aromatic N) is 5. The van der Waals surface area contributed by atoms with Gasteiger partial charge in [0, 0.05) is 18.6 Å². The summed E-state index contributed by atoms with van der Waals surface area (Å²) in [5.41, 5.74) is 4.49. The van der Waals surface area contributed by atoms with E-state index in [0.717, 1.165) is 22.3 Å². The predicted octanol–water partition coefficient (Wildman–Crippen LogP) is 4.20. The largest absolute Gasteiger partial charge is 2.00 e. The fourth-order valence-corrected chi connectivity index (χ4v) is 2.51. The minimum Gasteiger partial charge on any atom is -0.434 e. The van der Waals surface area contributed by atoms with Crippen molar-refractivity contribution in [2.24, 2.45) is 0 Å². The molecule has 0 aliphatic heterocycles. The number of pyridine rings is 1.